The van der Waals surface area contributed by atoms with Crippen LogP contribution in [0.5, 0.6) is 0 Å². The number of β-amino-alcohol motifs (C(OH)–C–C–N with tert-alkyl or cyclic N) is 1. The number of nitrogens with zero attached hydrogens (tertiary/aromatic N) is 3. The van der Waals surface area contributed by atoms with E-state index < -0.39 is 0 Å². The molecule has 1 aromatic heterocycles. The highest BCUT2D eigenvalue weighted by atomic mass is 16.3. The van der Waals surface area contributed by atoms with Crippen LogP contribution in [0, 0.1) is 6.92 Å². The van der Waals surface area contributed by atoms with Gasteiger partial charge in [0.25, 0.3) is 5.91 Å². The van der Waals surface area contributed by atoms with Gasteiger partial charge in [-0.3, -0.25) is 9.69 Å². The van der Waals surface area contributed by atoms with Crippen LogP contribution in [0.25, 0.3) is 11.1 Å². The quantitative estimate of drug-likeness (QED) is 0.852. The fraction of sp³-hybridized carbons (Fsp3) is 0.400. The number of aryl methyl sites for hydroxylation is 1. The fourth-order valence-corrected chi connectivity index (χ4v) is 3.37. The third kappa shape index (κ3) is 3.86. The van der Waals surface area contributed by atoms with Gasteiger partial charge in [-0.1, -0.05) is 24.3 Å². The minimum atomic E-state index is -0.130. The zero-order chi connectivity index (χ0) is 18.5. The molecule has 0 unspecified atom stereocenters. The summed E-state index contributed by atoms with van der Waals surface area (Å²) >= 11 is 0. The Morgan fingerprint density at radius 2 is 1.92 bits per heavy atom. The average molecular weight is 354 g/mol. The van der Waals surface area contributed by atoms with Crippen LogP contribution in [0.1, 0.15) is 15.9 Å². The molecule has 0 bridgehead atoms. The predicted molar refractivity (Wildman–Crippen MR) is 104 cm³/mol. The zero-order valence-electron chi connectivity index (χ0n) is 15.4. The molecule has 0 spiro atoms. The Bertz CT molecular complexity index is 770. The van der Waals surface area contributed by atoms with Gasteiger partial charge < -0.3 is 15.3 Å². The van der Waals surface area contributed by atoms with Crippen molar-refractivity contribution in [2.75, 3.05) is 51.3 Å². The Morgan fingerprint density at radius 3 is 2.58 bits per heavy atom. The first-order chi connectivity index (χ1) is 12.6. The number of benzene rings is 1. The van der Waals surface area contributed by atoms with E-state index in [1.54, 1.807) is 13.2 Å². The average Bonchev–Trinajstić information content (AvgIpc) is 2.68. The van der Waals surface area contributed by atoms with Gasteiger partial charge in [0.1, 0.15) is 5.82 Å². The summed E-state index contributed by atoms with van der Waals surface area (Å²) in [7, 11) is 1.64. The van der Waals surface area contributed by atoms with Gasteiger partial charge in [-0.15, -0.1) is 0 Å². The molecule has 1 aliphatic rings. The number of amides is 1. The molecule has 0 saturated carbocycles. The molecule has 3 rings (SSSR count). The number of carbonyl (C=O) groups excluding carboxylic acids is 1. The minimum Gasteiger partial charge on any atom is -0.395 e. The minimum absolute atomic E-state index is 0.130. The van der Waals surface area contributed by atoms with E-state index in [0.717, 1.165) is 48.7 Å². The van der Waals surface area contributed by atoms with Gasteiger partial charge in [-0.25, -0.2) is 4.98 Å². The van der Waals surface area contributed by atoms with Crippen molar-refractivity contribution in [1.82, 2.24) is 15.2 Å². The maximum absolute atomic E-state index is 12.3. The Kier molecular flexibility index (Phi) is 5.85. The largest absolute Gasteiger partial charge is 0.395 e. The van der Waals surface area contributed by atoms with Gasteiger partial charge in [-0.05, 0) is 29.7 Å². The summed E-state index contributed by atoms with van der Waals surface area (Å²) in [6, 6.07) is 10.1. The smallest absolute Gasteiger partial charge is 0.253 e. The molecule has 1 fully saturated rings. The molecule has 6 heteroatoms. The van der Waals surface area contributed by atoms with E-state index in [1.807, 2.05) is 24.3 Å². The van der Waals surface area contributed by atoms with Gasteiger partial charge in [0.05, 0.1) is 12.2 Å². The van der Waals surface area contributed by atoms with Gasteiger partial charge in [-0.2, -0.15) is 0 Å². The van der Waals surface area contributed by atoms with Crippen molar-refractivity contribution >= 4 is 11.7 Å². The second-order valence-corrected chi connectivity index (χ2v) is 6.53. The third-order valence-corrected chi connectivity index (χ3v) is 4.91. The zero-order valence-corrected chi connectivity index (χ0v) is 15.4. The van der Waals surface area contributed by atoms with E-state index in [2.05, 4.69) is 33.1 Å². The monoisotopic (exact) mass is 354 g/mol. The number of pyridine rings is 1. The molecule has 2 aromatic rings. The number of hydrogen-bond donors (Lipinski definition) is 2. The maximum atomic E-state index is 12.3. The molecule has 26 heavy (non-hydrogen) atoms. The van der Waals surface area contributed by atoms with Crippen molar-refractivity contribution in [3.63, 3.8) is 0 Å². The molecular formula is C20H26N4O2. The van der Waals surface area contributed by atoms with Crippen LogP contribution in [0.2, 0.25) is 0 Å². The number of piperazine rings is 1. The van der Waals surface area contributed by atoms with Crippen LogP contribution < -0.4 is 10.2 Å². The first-order valence-corrected chi connectivity index (χ1v) is 9.00. The maximum Gasteiger partial charge on any atom is 0.253 e. The van der Waals surface area contributed by atoms with Crippen LogP contribution in [-0.2, 0) is 0 Å². The SMILES string of the molecule is CNC(=O)c1cnc(N2CCN(CCO)CC2)cc1-c1ccccc1C. The van der Waals surface area contributed by atoms with E-state index in [4.69, 9.17) is 5.11 Å². The van der Waals surface area contributed by atoms with Crippen LogP contribution in [-0.4, -0.2) is 67.3 Å². The molecule has 2 heterocycles. The molecule has 0 atom stereocenters. The fourth-order valence-electron chi connectivity index (χ4n) is 3.37. The molecule has 1 saturated heterocycles. The number of anilines is 1. The summed E-state index contributed by atoms with van der Waals surface area (Å²) in [5.74, 6) is 0.759. The standard InChI is InChI=1S/C20H26N4O2/c1-15-5-3-4-6-16(15)17-13-19(22-14-18(17)20(26)21-2)24-9-7-23(8-10-24)11-12-25/h3-6,13-14,25H,7-12H2,1-2H3,(H,21,26). The number of carbonyl (C=O) groups is 1. The summed E-state index contributed by atoms with van der Waals surface area (Å²) < 4.78 is 0. The predicted octanol–water partition coefficient (Wildman–Crippen LogP) is 1.53. The number of rotatable bonds is 5. The molecular weight excluding hydrogens is 328 g/mol. The molecule has 2 N–H and O–H groups in total. The van der Waals surface area contributed by atoms with Crippen molar-refractivity contribution in [3.05, 3.63) is 47.7 Å². The van der Waals surface area contributed by atoms with Crippen LogP contribution in [0.4, 0.5) is 5.82 Å². The molecule has 1 aliphatic heterocycles. The second kappa shape index (κ2) is 8.29. The van der Waals surface area contributed by atoms with Gasteiger partial charge in [0, 0.05) is 46.0 Å². The lowest BCUT2D eigenvalue weighted by atomic mass is 9.97. The van der Waals surface area contributed by atoms with Crippen molar-refractivity contribution in [1.29, 1.82) is 0 Å². The molecule has 1 aromatic carbocycles. The van der Waals surface area contributed by atoms with Gasteiger partial charge >= 0.3 is 0 Å². The lowest BCUT2D eigenvalue weighted by Gasteiger charge is -2.35. The van der Waals surface area contributed by atoms with Crippen molar-refractivity contribution in [3.8, 4) is 11.1 Å². The summed E-state index contributed by atoms with van der Waals surface area (Å²) in [6.07, 6.45) is 1.68. The van der Waals surface area contributed by atoms with Gasteiger partial charge in [0.15, 0.2) is 0 Å². The van der Waals surface area contributed by atoms with E-state index in [9.17, 15) is 4.79 Å². The number of aromatic nitrogens is 1. The summed E-state index contributed by atoms with van der Waals surface area (Å²) in [5.41, 5.74) is 3.67. The summed E-state index contributed by atoms with van der Waals surface area (Å²) in [4.78, 5) is 21.4. The van der Waals surface area contributed by atoms with E-state index >= 15 is 0 Å². The highest BCUT2D eigenvalue weighted by Gasteiger charge is 2.20. The first-order valence-electron chi connectivity index (χ1n) is 9.00. The van der Waals surface area contributed by atoms with Crippen LogP contribution in [0.15, 0.2) is 36.5 Å². The Balaban J connectivity index is 1.93. The topological polar surface area (TPSA) is 68.7 Å². The van der Waals surface area contributed by atoms with Crippen LogP contribution in [0.3, 0.4) is 0 Å². The molecule has 1 amide bonds. The Hall–Kier alpha value is -2.44. The Labute approximate surface area is 154 Å². The summed E-state index contributed by atoms with van der Waals surface area (Å²) in [6.45, 7) is 6.48. The molecule has 6 nitrogen and oxygen atoms in total. The lowest BCUT2D eigenvalue weighted by Crippen LogP contribution is -2.47. The third-order valence-electron chi connectivity index (χ3n) is 4.91. The Morgan fingerprint density at radius 1 is 1.19 bits per heavy atom. The van der Waals surface area contributed by atoms with Crippen LogP contribution >= 0.6 is 0 Å². The lowest BCUT2D eigenvalue weighted by molar-refractivity contribution is 0.0963. The highest BCUT2D eigenvalue weighted by Crippen LogP contribution is 2.30. The van der Waals surface area contributed by atoms with E-state index in [0.29, 0.717) is 12.1 Å². The van der Waals surface area contributed by atoms with Crippen molar-refractivity contribution < 1.29 is 9.90 Å². The summed E-state index contributed by atoms with van der Waals surface area (Å²) in [5, 5.41) is 11.8. The normalized spacial score (nSPS) is 15.1. The van der Waals surface area contributed by atoms with E-state index in [-0.39, 0.29) is 12.5 Å². The van der Waals surface area contributed by atoms with Crippen molar-refractivity contribution in [2.24, 2.45) is 0 Å². The molecule has 0 radical (unpaired) electrons. The van der Waals surface area contributed by atoms with Crippen molar-refractivity contribution in [2.45, 2.75) is 6.92 Å². The number of nitrogens with one attached hydrogen (secondary N) is 1. The number of aliphatic hydroxyl groups excluding tert-OH is 1. The van der Waals surface area contributed by atoms with Gasteiger partial charge in [0.2, 0.25) is 0 Å². The molecule has 138 valence electrons. The first kappa shape index (κ1) is 18.4. The number of hydrogen-bond acceptors (Lipinski definition) is 5. The molecule has 0 aliphatic carbocycles. The highest BCUT2D eigenvalue weighted by molar-refractivity contribution is 6.01. The second-order valence-electron chi connectivity index (χ2n) is 6.53. The number of aliphatic hydroxyl groups is 1. The van der Waals surface area contributed by atoms with E-state index in [1.165, 1.54) is 0 Å².